The Balaban J connectivity index is 1.31. The smallest absolute Gasteiger partial charge is 0.200 e. The molecule has 0 saturated carbocycles. The fourth-order valence-electron chi connectivity index (χ4n) is 9.11. The standard InChI is InChI=1S/C49H22F5N3S2/c50-43-42(44(51)46(53)47(54)45(43)52)31-22-34(56-32-13-5-1-9-25(32)27-17-19-38-40(48(27)56)29-11-3-7-15-36(29)58-38)24(23-55)21-35(31)57-33-14-6-2-10-26(33)28-18-20-39-41(49(28)57)30-12-4-8-16-37(30)59-39/h1-22H. The number of para-hydroxylation sites is 2. The molecule has 0 aliphatic heterocycles. The van der Waals surface area contributed by atoms with Gasteiger partial charge >= 0.3 is 0 Å². The molecule has 4 heterocycles. The molecule has 0 bridgehead atoms. The lowest BCUT2D eigenvalue weighted by Crippen LogP contribution is -2.09. The Bertz CT molecular complexity index is 3850. The average Bonchev–Trinajstić information content (AvgIpc) is 4.02. The summed E-state index contributed by atoms with van der Waals surface area (Å²) in [6.45, 7) is 0. The van der Waals surface area contributed by atoms with Gasteiger partial charge in [0.2, 0.25) is 5.82 Å². The summed E-state index contributed by atoms with van der Waals surface area (Å²) in [5, 5.41) is 18.2. The van der Waals surface area contributed by atoms with Crippen molar-refractivity contribution in [1.82, 2.24) is 9.13 Å². The maximum absolute atomic E-state index is 16.5. The van der Waals surface area contributed by atoms with Crippen molar-refractivity contribution in [2.75, 3.05) is 0 Å². The summed E-state index contributed by atoms with van der Waals surface area (Å²) in [5.74, 6) is -10.3. The molecule has 0 radical (unpaired) electrons. The monoisotopic (exact) mass is 811 g/mol. The molecule has 12 rings (SSSR count). The third-order valence-electron chi connectivity index (χ3n) is 11.5. The third-order valence-corrected chi connectivity index (χ3v) is 13.8. The van der Waals surface area contributed by atoms with Crippen LogP contribution in [0.1, 0.15) is 5.56 Å². The van der Waals surface area contributed by atoms with Crippen LogP contribution in [-0.2, 0) is 0 Å². The van der Waals surface area contributed by atoms with Gasteiger partial charge in [-0.15, -0.1) is 22.7 Å². The van der Waals surface area contributed by atoms with E-state index in [4.69, 9.17) is 0 Å². The van der Waals surface area contributed by atoms with E-state index in [1.165, 1.54) is 12.1 Å². The molecule has 4 aromatic heterocycles. The number of thiophene rings is 2. The van der Waals surface area contributed by atoms with Crippen LogP contribution in [0, 0.1) is 40.4 Å². The van der Waals surface area contributed by atoms with Gasteiger partial charge < -0.3 is 9.13 Å². The molecule has 0 amide bonds. The van der Waals surface area contributed by atoms with E-state index in [0.29, 0.717) is 16.6 Å². The number of aromatic nitrogens is 2. The lowest BCUT2D eigenvalue weighted by Gasteiger charge is -2.20. The molecule has 12 aromatic rings. The number of halogens is 5. The van der Waals surface area contributed by atoms with Crippen LogP contribution in [0.4, 0.5) is 22.0 Å². The van der Waals surface area contributed by atoms with Crippen LogP contribution in [0.5, 0.6) is 0 Å². The zero-order chi connectivity index (χ0) is 39.8. The number of nitriles is 1. The van der Waals surface area contributed by atoms with Crippen LogP contribution in [0.15, 0.2) is 133 Å². The lowest BCUT2D eigenvalue weighted by molar-refractivity contribution is 0.381. The molecular formula is C49H22F5N3S2. The van der Waals surface area contributed by atoms with E-state index in [0.717, 1.165) is 67.4 Å². The van der Waals surface area contributed by atoms with Gasteiger partial charge in [0, 0.05) is 67.5 Å². The minimum absolute atomic E-state index is 0.0781. The Morgan fingerprint density at radius 3 is 1.37 bits per heavy atom. The normalized spacial score (nSPS) is 12.1. The number of nitrogens with zero attached hydrogens (tertiary/aromatic N) is 3. The Hall–Kier alpha value is -7.06. The van der Waals surface area contributed by atoms with Crippen molar-refractivity contribution in [3.05, 3.63) is 168 Å². The SMILES string of the molecule is N#Cc1cc(-n2c3ccccc3c3ccc4sc5ccccc5c4c32)c(-c2c(F)c(F)c(F)c(F)c2F)cc1-n1c2ccccc2c2ccc3sc4ccccc4c3c21. The van der Waals surface area contributed by atoms with Gasteiger partial charge in [0.15, 0.2) is 23.3 Å². The van der Waals surface area contributed by atoms with Crippen LogP contribution >= 0.6 is 22.7 Å². The van der Waals surface area contributed by atoms with E-state index >= 15 is 17.6 Å². The molecule has 280 valence electrons. The molecule has 0 aliphatic rings. The van der Waals surface area contributed by atoms with Crippen molar-refractivity contribution in [2.24, 2.45) is 0 Å². The largest absolute Gasteiger partial charge is 0.308 e. The summed E-state index contributed by atoms with van der Waals surface area (Å²) in [7, 11) is 0. The molecule has 10 heteroatoms. The molecular weight excluding hydrogens is 790 g/mol. The van der Waals surface area contributed by atoms with Crippen molar-refractivity contribution in [3.8, 4) is 28.6 Å². The Morgan fingerprint density at radius 2 is 0.864 bits per heavy atom. The number of hydrogen-bond donors (Lipinski definition) is 0. The van der Waals surface area contributed by atoms with Gasteiger partial charge in [0.25, 0.3) is 0 Å². The van der Waals surface area contributed by atoms with E-state index < -0.39 is 34.6 Å². The summed E-state index contributed by atoms with van der Waals surface area (Å²) in [6.07, 6.45) is 0. The second kappa shape index (κ2) is 12.2. The predicted octanol–water partition coefficient (Wildman–Crippen LogP) is 14.9. The molecule has 0 fully saturated rings. The molecule has 8 aromatic carbocycles. The topological polar surface area (TPSA) is 33.6 Å². The Kier molecular flexibility index (Phi) is 7.05. The maximum atomic E-state index is 16.5. The van der Waals surface area contributed by atoms with Crippen LogP contribution < -0.4 is 0 Å². The predicted molar refractivity (Wildman–Crippen MR) is 231 cm³/mol. The van der Waals surface area contributed by atoms with Crippen molar-refractivity contribution in [1.29, 1.82) is 5.26 Å². The molecule has 0 aliphatic carbocycles. The second-order valence-electron chi connectivity index (χ2n) is 14.5. The fourth-order valence-corrected chi connectivity index (χ4v) is 11.3. The average molecular weight is 812 g/mol. The zero-order valence-corrected chi connectivity index (χ0v) is 31.9. The van der Waals surface area contributed by atoms with Gasteiger partial charge in [0.1, 0.15) is 6.07 Å². The van der Waals surface area contributed by atoms with E-state index in [1.807, 2.05) is 120 Å². The van der Waals surface area contributed by atoms with Gasteiger partial charge in [-0.2, -0.15) is 5.26 Å². The number of rotatable bonds is 3. The zero-order valence-electron chi connectivity index (χ0n) is 30.2. The maximum Gasteiger partial charge on any atom is 0.200 e. The fraction of sp³-hybridized carbons (Fsp3) is 0. The first kappa shape index (κ1) is 34.0. The van der Waals surface area contributed by atoms with E-state index in [1.54, 1.807) is 27.2 Å². The van der Waals surface area contributed by atoms with Crippen molar-refractivity contribution >= 4 is 107 Å². The molecule has 0 saturated heterocycles. The quantitative estimate of drug-likeness (QED) is 0.0994. The first-order valence-electron chi connectivity index (χ1n) is 18.6. The van der Waals surface area contributed by atoms with Crippen LogP contribution in [0.25, 0.3) is 106 Å². The molecule has 0 N–H and O–H groups in total. The van der Waals surface area contributed by atoms with E-state index in [-0.39, 0.29) is 22.5 Å². The highest BCUT2D eigenvalue weighted by Crippen LogP contribution is 2.48. The van der Waals surface area contributed by atoms with Crippen molar-refractivity contribution < 1.29 is 22.0 Å². The van der Waals surface area contributed by atoms with Crippen LogP contribution in [-0.4, -0.2) is 9.13 Å². The van der Waals surface area contributed by atoms with Gasteiger partial charge in [-0.1, -0.05) is 84.9 Å². The van der Waals surface area contributed by atoms with E-state index in [2.05, 4.69) is 12.1 Å². The van der Waals surface area contributed by atoms with Crippen molar-refractivity contribution in [2.45, 2.75) is 0 Å². The molecule has 0 spiro atoms. The summed E-state index contributed by atoms with van der Waals surface area (Å²) in [4.78, 5) is 0. The Labute approximate surface area is 338 Å². The molecule has 3 nitrogen and oxygen atoms in total. The minimum Gasteiger partial charge on any atom is -0.308 e. The third kappa shape index (κ3) is 4.48. The highest BCUT2D eigenvalue weighted by atomic mass is 32.1. The number of benzene rings is 8. The first-order chi connectivity index (χ1) is 28.8. The van der Waals surface area contributed by atoms with Gasteiger partial charge in [0.05, 0.1) is 44.6 Å². The van der Waals surface area contributed by atoms with Crippen LogP contribution in [0.2, 0.25) is 0 Å². The van der Waals surface area contributed by atoms with Gasteiger partial charge in [-0.05, 0) is 48.5 Å². The summed E-state index contributed by atoms with van der Waals surface area (Å²) in [6, 6.07) is 44.4. The van der Waals surface area contributed by atoms with Crippen molar-refractivity contribution in [3.63, 3.8) is 0 Å². The van der Waals surface area contributed by atoms with Crippen LogP contribution in [0.3, 0.4) is 0 Å². The highest BCUT2D eigenvalue weighted by Gasteiger charge is 2.31. The number of hydrogen-bond acceptors (Lipinski definition) is 3. The minimum atomic E-state index is -2.25. The first-order valence-corrected chi connectivity index (χ1v) is 20.2. The lowest BCUT2D eigenvalue weighted by atomic mass is 9.97. The molecule has 0 atom stereocenters. The summed E-state index contributed by atoms with van der Waals surface area (Å²) >= 11 is 3.20. The molecule has 59 heavy (non-hydrogen) atoms. The van der Waals surface area contributed by atoms with E-state index in [9.17, 15) is 9.65 Å². The van der Waals surface area contributed by atoms with Gasteiger partial charge in [-0.25, -0.2) is 22.0 Å². The Morgan fingerprint density at radius 1 is 0.424 bits per heavy atom. The molecule has 0 unspecified atom stereocenters. The summed E-state index contributed by atoms with van der Waals surface area (Å²) < 4.78 is 86.2. The summed E-state index contributed by atoms with van der Waals surface area (Å²) in [5.41, 5.74) is 1.78. The second-order valence-corrected chi connectivity index (χ2v) is 16.7. The van der Waals surface area contributed by atoms with Gasteiger partial charge in [-0.3, -0.25) is 0 Å². The highest BCUT2D eigenvalue weighted by molar-refractivity contribution is 7.26. The number of fused-ring (bicyclic) bond motifs is 14.